The molecule has 0 saturated carbocycles. The molecule has 0 spiro atoms. The van der Waals surface area contributed by atoms with Crippen molar-refractivity contribution in [1.82, 2.24) is 0 Å². The zero-order valence-corrected chi connectivity index (χ0v) is 52.8. The fourth-order valence-electron chi connectivity index (χ4n) is 9.21. The minimum atomic E-state index is -0.798. The Labute approximate surface area is 500 Å². The summed E-state index contributed by atoms with van der Waals surface area (Å²) < 4.78 is 16.9. The molecular weight excluding hydrogens is 997 g/mol. The second-order valence-corrected chi connectivity index (χ2v) is 21.9. The number of esters is 3. The Morgan fingerprint density at radius 2 is 0.444 bits per heavy atom. The second-order valence-electron chi connectivity index (χ2n) is 21.9. The predicted octanol–water partition coefficient (Wildman–Crippen LogP) is 23.3. The molecule has 0 aliphatic rings. The monoisotopic (exact) mass is 1120 g/mol. The summed E-state index contributed by atoms with van der Waals surface area (Å²) in [6.07, 6.45) is 96.2. The van der Waals surface area contributed by atoms with Crippen molar-refractivity contribution in [3.05, 3.63) is 134 Å². The van der Waals surface area contributed by atoms with E-state index in [-0.39, 0.29) is 31.1 Å². The molecule has 81 heavy (non-hydrogen) atoms. The molecule has 1 unspecified atom stereocenters. The van der Waals surface area contributed by atoms with Crippen molar-refractivity contribution in [2.24, 2.45) is 0 Å². The number of hydrogen-bond acceptors (Lipinski definition) is 6. The Morgan fingerprint density at radius 1 is 0.247 bits per heavy atom. The summed E-state index contributed by atoms with van der Waals surface area (Å²) in [7, 11) is 0. The van der Waals surface area contributed by atoms with Crippen LogP contribution in [0.5, 0.6) is 0 Å². The normalized spacial score (nSPS) is 13.0. The first-order valence-corrected chi connectivity index (χ1v) is 33.7. The van der Waals surface area contributed by atoms with Crippen LogP contribution in [0.15, 0.2) is 134 Å². The maximum atomic E-state index is 12.9. The van der Waals surface area contributed by atoms with Gasteiger partial charge in [0.25, 0.3) is 0 Å². The lowest BCUT2D eigenvalue weighted by Gasteiger charge is -2.18. The van der Waals surface area contributed by atoms with Crippen LogP contribution in [-0.4, -0.2) is 37.2 Å². The highest BCUT2D eigenvalue weighted by atomic mass is 16.6. The van der Waals surface area contributed by atoms with Crippen LogP contribution in [-0.2, 0) is 28.6 Å². The van der Waals surface area contributed by atoms with E-state index in [1.54, 1.807) is 0 Å². The van der Waals surface area contributed by atoms with Gasteiger partial charge in [0.1, 0.15) is 13.2 Å². The van der Waals surface area contributed by atoms with Crippen molar-refractivity contribution >= 4 is 17.9 Å². The highest BCUT2D eigenvalue weighted by Crippen LogP contribution is 2.16. The van der Waals surface area contributed by atoms with Gasteiger partial charge in [-0.15, -0.1) is 0 Å². The summed E-state index contributed by atoms with van der Waals surface area (Å²) in [6.45, 7) is 6.29. The number of ether oxygens (including phenoxy) is 3. The molecule has 0 fully saturated rings. The SMILES string of the molecule is CC/C=C\C/C=C\C/C=C\C/C=C\CCCCCCCCCCCCCCCCC(=O)OCC(COC(=O)CCCCC/C=C\C/C=C\C/C=C\CC)OC(=O)CCCCCCCCCCCC/C=C\C/C=C\C/C=C\C/C=C\CC. The van der Waals surface area contributed by atoms with E-state index in [2.05, 4.69) is 154 Å². The third-order valence-electron chi connectivity index (χ3n) is 14.1. The van der Waals surface area contributed by atoms with Crippen molar-refractivity contribution in [2.75, 3.05) is 13.2 Å². The zero-order chi connectivity index (χ0) is 58.5. The Bertz CT molecular complexity index is 1720. The van der Waals surface area contributed by atoms with Crippen LogP contribution in [0, 0.1) is 0 Å². The minimum Gasteiger partial charge on any atom is -0.462 e. The standard InChI is InChI=1S/C75H124O6/c1-4-7-10-13-16-19-22-25-27-29-31-33-35-36-37-38-40-41-43-45-47-50-53-56-59-62-65-68-74(77)80-71-72(70-79-73(76)67-64-61-58-55-52-49-24-21-18-15-12-9-6-3)81-75(78)69-66-63-60-57-54-51-48-46-44-42-39-34-32-30-28-26-23-20-17-14-11-8-5-2/h7-12,16-21,25-28,31-34,49,52,72H,4-6,13-15,22-24,29-30,35-48,50-51,53-71H2,1-3H3/b10-7-,11-8-,12-9-,19-16-,20-17-,21-18-,27-25-,28-26-,33-31-,34-32-,52-49-. The van der Waals surface area contributed by atoms with Gasteiger partial charge in [0.05, 0.1) is 0 Å². The lowest BCUT2D eigenvalue weighted by atomic mass is 10.0. The average molecular weight is 1120 g/mol. The number of unbranched alkanes of at least 4 members (excludes halogenated alkanes) is 27. The molecule has 0 rings (SSSR count). The Balaban J connectivity index is 4.31. The first-order valence-electron chi connectivity index (χ1n) is 33.7. The predicted molar refractivity (Wildman–Crippen MR) is 353 cm³/mol. The van der Waals surface area contributed by atoms with Gasteiger partial charge < -0.3 is 14.2 Å². The van der Waals surface area contributed by atoms with Gasteiger partial charge >= 0.3 is 17.9 Å². The molecule has 0 aromatic heterocycles. The third-order valence-corrected chi connectivity index (χ3v) is 14.1. The van der Waals surface area contributed by atoms with Crippen LogP contribution in [0.4, 0.5) is 0 Å². The largest absolute Gasteiger partial charge is 0.462 e. The van der Waals surface area contributed by atoms with E-state index in [1.165, 1.54) is 128 Å². The van der Waals surface area contributed by atoms with Crippen LogP contribution >= 0.6 is 0 Å². The molecule has 6 heteroatoms. The van der Waals surface area contributed by atoms with Crippen molar-refractivity contribution in [1.29, 1.82) is 0 Å². The Hall–Kier alpha value is -4.45. The Kier molecular flexibility index (Phi) is 64.3. The van der Waals surface area contributed by atoms with Crippen molar-refractivity contribution in [3.8, 4) is 0 Å². The molecule has 0 amide bonds. The van der Waals surface area contributed by atoms with Gasteiger partial charge in [0.15, 0.2) is 6.10 Å². The smallest absolute Gasteiger partial charge is 0.306 e. The average Bonchev–Trinajstić information content (AvgIpc) is 3.46. The lowest BCUT2D eigenvalue weighted by Crippen LogP contribution is -2.30. The van der Waals surface area contributed by atoms with E-state index in [0.29, 0.717) is 19.3 Å². The van der Waals surface area contributed by atoms with Gasteiger partial charge in [0, 0.05) is 19.3 Å². The molecule has 0 aromatic carbocycles. The molecule has 1 atom stereocenters. The van der Waals surface area contributed by atoms with E-state index in [9.17, 15) is 14.4 Å². The minimum absolute atomic E-state index is 0.0913. The number of allylic oxidation sites excluding steroid dienone is 22. The van der Waals surface area contributed by atoms with E-state index in [4.69, 9.17) is 14.2 Å². The highest BCUT2D eigenvalue weighted by Gasteiger charge is 2.19. The quantitative estimate of drug-likeness (QED) is 0.0261. The Morgan fingerprint density at radius 3 is 0.704 bits per heavy atom. The molecule has 460 valence electrons. The zero-order valence-electron chi connectivity index (χ0n) is 52.8. The molecule has 6 nitrogen and oxygen atoms in total. The van der Waals surface area contributed by atoms with Gasteiger partial charge in [-0.3, -0.25) is 14.4 Å². The van der Waals surface area contributed by atoms with Crippen molar-refractivity contribution in [3.63, 3.8) is 0 Å². The summed E-state index contributed by atoms with van der Waals surface area (Å²) >= 11 is 0. The van der Waals surface area contributed by atoms with Gasteiger partial charge in [-0.1, -0.05) is 289 Å². The summed E-state index contributed by atoms with van der Waals surface area (Å²) in [5.74, 6) is -0.921. The van der Waals surface area contributed by atoms with E-state index in [1.807, 2.05) is 0 Å². The van der Waals surface area contributed by atoms with E-state index >= 15 is 0 Å². The molecule has 0 bridgehead atoms. The number of hydrogen-bond donors (Lipinski definition) is 0. The summed E-state index contributed by atoms with van der Waals surface area (Å²) in [5, 5.41) is 0. The molecule has 0 aliphatic heterocycles. The molecule has 0 heterocycles. The maximum Gasteiger partial charge on any atom is 0.306 e. The molecule has 0 aliphatic carbocycles. The van der Waals surface area contributed by atoms with E-state index < -0.39 is 6.10 Å². The molecule has 0 aromatic rings. The summed E-state index contributed by atoms with van der Waals surface area (Å²) in [6, 6.07) is 0. The molecule has 0 N–H and O–H groups in total. The number of rotatable bonds is 60. The summed E-state index contributed by atoms with van der Waals surface area (Å²) in [4.78, 5) is 38.4. The third kappa shape index (κ3) is 66.2. The van der Waals surface area contributed by atoms with Gasteiger partial charge in [0.2, 0.25) is 0 Å². The summed E-state index contributed by atoms with van der Waals surface area (Å²) in [5.41, 5.74) is 0. The lowest BCUT2D eigenvalue weighted by molar-refractivity contribution is -0.167. The van der Waals surface area contributed by atoms with Gasteiger partial charge in [-0.25, -0.2) is 0 Å². The van der Waals surface area contributed by atoms with Crippen LogP contribution in [0.1, 0.15) is 303 Å². The van der Waals surface area contributed by atoms with Crippen LogP contribution in [0.25, 0.3) is 0 Å². The molecular formula is C75H124O6. The topological polar surface area (TPSA) is 78.9 Å². The van der Waals surface area contributed by atoms with Crippen LogP contribution in [0.2, 0.25) is 0 Å². The maximum absolute atomic E-state index is 12.9. The first-order chi connectivity index (χ1) is 40.0. The van der Waals surface area contributed by atoms with E-state index in [0.717, 1.165) is 135 Å². The fraction of sp³-hybridized carbons (Fsp3) is 0.667. The van der Waals surface area contributed by atoms with Crippen molar-refractivity contribution < 1.29 is 28.6 Å². The second kappa shape index (κ2) is 68.1. The fourth-order valence-corrected chi connectivity index (χ4v) is 9.21. The molecule has 0 radical (unpaired) electrons. The van der Waals surface area contributed by atoms with Crippen LogP contribution in [0.3, 0.4) is 0 Å². The number of carbonyl (C=O) groups is 3. The number of carbonyl (C=O) groups excluding carboxylic acids is 3. The molecule has 0 saturated heterocycles. The first kappa shape index (κ1) is 76.5. The van der Waals surface area contributed by atoms with Gasteiger partial charge in [-0.2, -0.15) is 0 Å². The van der Waals surface area contributed by atoms with Gasteiger partial charge in [-0.05, 0) is 128 Å². The van der Waals surface area contributed by atoms with Crippen molar-refractivity contribution in [2.45, 2.75) is 309 Å². The van der Waals surface area contributed by atoms with Crippen LogP contribution < -0.4 is 0 Å². The highest BCUT2D eigenvalue weighted by molar-refractivity contribution is 5.71.